The average molecular weight is 306 g/mol. The van der Waals surface area contributed by atoms with Gasteiger partial charge in [0.15, 0.2) is 11.7 Å². The Morgan fingerprint density at radius 1 is 1.05 bits per heavy atom. The van der Waals surface area contributed by atoms with Crippen LogP contribution in [0, 0.1) is 5.92 Å². The molecule has 22 heavy (non-hydrogen) atoms. The van der Waals surface area contributed by atoms with Gasteiger partial charge in [0.2, 0.25) is 0 Å². The van der Waals surface area contributed by atoms with E-state index in [0.29, 0.717) is 5.56 Å². The molecular weight excluding hydrogens is 284 g/mol. The maximum atomic E-state index is 12.2. The maximum Gasteiger partial charge on any atom is 0.321 e. The largest absolute Gasteiger partial charge is 0.468 e. The molecule has 0 aliphatic heterocycles. The van der Waals surface area contributed by atoms with Gasteiger partial charge in [-0.3, -0.25) is 14.4 Å². The minimum absolute atomic E-state index is 0.0387. The van der Waals surface area contributed by atoms with Crippen LogP contribution >= 0.6 is 0 Å². The second-order valence-corrected chi connectivity index (χ2v) is 6.07. The molecule has 0 aliphatic carbocycles. The normalized spacial score (nSPS) is 12.4. The lowest BCUT2D eigenvalue weighted by molar-refractivity contribution is -0.168. The van der Waals surface area contributed by atoms with Gasteiger partial charge in [-0.2, -0.15) is 0 Å². The first-order valence-corrected chi connectivity index (χ1v) is 7.04. The van der Waals surface area contributed by atoms with Crippen LogP contribution in [-0.4, -0.2) is 30.4 Å². The van der Waals surface area contributed by atoms with E-state index < -0.39 is 23.5 Å². The molecule has 1 atom stereocenters. The first kappa shape index (κ1) is 17.9. The highest BCUT2D eigenvalue weighted by atomic mass is 16.6. The summed E-state index contributed by atoms with van der Waals surface area (Å²) in [4.78, 5) is 35.3. The first-order chi connectivity index (χ1) is 10.1. The Bertz CT molecular complexity index is 551. The van der Waals surface area contributed by atoms with Gasteiger partial charge in [-0.1, -0.05) is 24.3 Å². The Morgan fingerprint density at radius 2 is 1.59 bits per heavy atom. The Morgan fingerprint density at radius 3 is 2.00 bits per heavy atom. The summed E-state index contributed by atoms with van der Waals surface area (Å²) in [6.07, 6.45) is 0.166. The fourth-order valence-corrected chi connectivity index (χ4v) is 1.89. The molecule has 0 aromatic heterocycles. The van der Waals surface area contributed by atoms with Crippen LogP contribution in [0.2, 0.25) is 0 Å². The third-order valence-electron chi connectivity index (χ3n) is 2.98. The minimum atomic E-state index is -1.02. The van der Waals surface area contributed by atoms with Crippen LogP contribution in [-0.2, 0) is 25.5 Å². The molecule has 0 aliphatic rings. The van der Waals surface area contributed by atoms with Crippen LogP contribution in [0.15, 0.2) is 24.3 Å². The Labute approximate surface area is 130 Å². The standard InChI is InChI=1S/C17H22O5/c1-11(18)13-8-6-12(7-9-13)10-14(15(19)21-5)16(20)22-17(2,3)4/h6-9,14H,10H2,1-5H3/t14-/m0/s1. The van der Waals surface area contributed by atoms with Gasteiger partial charge < -0.3 is 9.47 Å². The third-order valence-corrected chi connectivity index (χ3v) is 2.98. The average Bonchev–Trinajstić information content (AvgIpc) is 2.42. The van der Waals surface area contributed by atoms with Gasteiger partial charge in [-0.15, -0.1) is 0 Å². The predicted octanol–water partition coefficient (Wildman–Crippen LogP) is 2.56. The third kappa shape index (κ3) is 5.31. The van der Waals surface area contributed by atoms with E-state index >= 15 is 0 Å². The molecule has 0 saturated carbocycles. The summed E-state index contributed by atoms with van der Waals surface area (Å²) in [6.45, 7) is 6.69. The van der Waals surface area contributed by atoms with E-state index in [1.165, 1.54) is 14.0 Å². The first-order valence-electron chi connectivity index (χ1n) is 7.04. The molecule has 0 fully saturated rings. The summed E-state index contributed by atoms with van der Waals surface area (Å²) >= 11 is 0. The molecule has 0 heterocycles. The molecule has 0 saturated heterocycles. The molecule has 5 nitrogen and oxygen atoms in total. The monoisotopic (exact) mass is 306 g/mol. The van der Waals surface area contributed by atoms with Crippen LogP contribution in [0.4, 0.5) is 0 Å². The number of rotatable bonds is 5. The molecule has 0 unspecified atom stereocenters. The predicted molar refractivity (Wildman–Crippen MR) is 81.5 cm³/mol. The summed E-state index contributed by atoms with van der Waals surface area (Å²) in [5, 5.41) is 0. The fraction of sp³-hybridized carbons (Fsp3) is 0.471. The van der Waals surface area contributed by atoms with E-state index in [4.69, 9.17) is 4.74 Å². The van der Waals surface area contributed by atoms with Crippen molar-refractivity contribution in [2.45, 2.75) is 39.7 Å². The maximum absolute atomic E-state index is 12.2. The zero-order valence-corrected chi connectivity index (χ0v) is 13.6. The van der Waals surface area contributed by atoms with E-state index in [1.54, 1.807) is 45.0 Å². The van der Waals surface area contributed by atoms with Gasteiger partial charge in [-0.05, 0) is 39.7 Å². The van der Waals surface area contributed by atoms with Gasteiger partial charge in [0, 0.05) is 5.56 Å². The Hall–Kier alpha value is -2.17. The van der Waals surface area contributed by atoms with Crippen molar-refractivity contribution in [2.24, 2.45) is 5.92 Å². The summed E-state index contributed by atoms with van der Waals surface area (Å²) < 4.78 is 9.95. The SMILES string of the molecule is COC(=O)[C@H](Cc1ccc(C(C)=O)cc1)C(=O)OC(C)(C)C. The molecule has 0 bridgehead atoms. The number of esters is 2. The van der Waals surface area contributed by atoms with Crippen LogP contribution < -0.4 is 0 Å². The number of carbonyl (C=O) groups excluding carboxylic acids is 3. The van der Waals surface area contributed by atoms with Gasteiger partial charge in [0.1, 0.15) is 5.60 Å². The van der Waals surface area contributed by atoms with E-state index in [1.807, 2.05) is 0 Å². The van der Waals surface area contributed by atoms with Crippen molar-refractivity contribution in [1.82, 2.24) is 0 Å². The molecule has 0 amide bonds. The molecule has 0 spiro atoms. The molecule has 120 valence electrons. The van der Waals surface area contributed by atoms with Gasteiger partial charge in [0.05, 0.1) is 7.11 Å². The second kappa shape index (κ2) is 7.20. The van der Waals surface area contributed by atoms with Crippen LogP contribution in [0.3, 0.4) is 0 Å². The number of ketones is 1. The highest BCUT2D eigenvalue weighted by Crippen LogP contribution is 2.17. The van der Waals surface area contributed by atoms with Gasteiger partial charge in [-0.25, -0.2) is 0 Å². The van der Waals surface area contributed by atoms with Crippen LogP contribution in [0.5, 0.6) is 0 Å². The van der Waals surface area contributed by atoms with Crippen LogP contribution in [0.25, 0.3) is 0 Å². The van der Waals surface area contributed by atoms with Crippen molar-refractivity contribution in [3.8, 4) is 0 Å². The second-order valence-electron chi connectivity index (χ2n) is 6.07. The number of benzene rings is 1. The number of hydrogen-bond acceptors (Lipinski definition) is 5. The summed E-state index contributed by atoms with van der Waals surface area (Å²) in [5.41, 5.74) is 0.656. The highest BCUT2D eigenvalue weighted by molar-refractivity contribution is 5.95. The molecule has 5 heteroatoms. The van der Waals surface area contributed by atoms with Crippen molar-refractivity contribution in [1.29, 1.82) is 0 Å². The highest BCUT2D eigenvalue weighted by Gasteiger charge is 2.32. The van der Waals surface area contributed by atoms with E-state index in [9.17, 15) is 14.4 Å². The van der Waals surface area contributed by atoms with Crippen molar-refractivity contribution in [3.63, 3.8) is 0 Å². The van der Waals surface area contributed by atoms with Crippen LogP contribution in [0.1, 0.15) is 43.6 Å². The number of hydrogen-bond donors (Lipinski definition) is 0. The number of carbonyl (C=O) groups is 3. The Kier molecular flexibility index (Phi) is 5.85. The topological polar surface area (TPSA) is 69.7 Å². The lowest BCUT2D eigenvalue weighted by Crippen LogP contribution is -2.34. The Balaban J connectivity index is 2.92. The molecule has 0 radical (unpaired) electrons. The van der Waals surface area contributed by atoms with Gasteiger partial charge in [0.25, 0.3) is 0 Å². The van der Waals surface area contributed by atoms with Gasteiger partial charge >= 0.3 is 11.9 Å². The molecule has 1 aromatic carbocycles. The van der Waals surface area contributed by atoms with Crippen molar-refractivity contribution in [3.05, 3.63) is 35.4 Å². The number of methoxy groups -OCH3 is 1. The molecule has 0 N–H and O–H groups in total. The zero-order valence-electron chi connectivity index (χ0n) is 13.6. The summed E-state index contributed by atoms with van der Waals surface area (Å²) in [6, 6.07) is 6.77. The summed E-state index contributed by atoms with van der Waals surface area (Å²) in [5.74, 6) is -2.31. The number of Topliss-reactive ketones (excluding diaryl/α,β-unsaturated/α-hetero) is 1. The fourth-order valence-electron chi connectivity index (χ4n) is 1.89. The quantitative estimate of drug-likeness (QED) is 0.475. The van der Waals surface area contributed by atoms with E-state index in [-0.39, 0.29) is 12.2 Å². The zero-order chi connectivity index (χ0) is 16.9. The van der Waals surface area contributed by atoms with E-state index in [0.717, 1.165) is 5.56 Å². The van der Waals surface area contributed by atoms with E-state index in [2.05, 4.69) is 4.74 Å². The molecular formula is C17H22O5. The lowest BCUT2D eigenvalue weighted by atomic mass is 9.97. The lowest BCUT2D eigenvalue weighted by Gasteiger charge is -2.23. The smallest absolute Gasteiger partial charge is 0.321 e. The summed E-state index contributed by atoms with van der Waals surface area (Å²) in [7, 11) is 1.23. The van der Waals surface area contributed by atoms with Crippen molar-refractivity contribution < 1.29 is 23.9 Å². The molecule has 1 aromatic rings. The van der Waals surface area contributed by atoms with Crippen molar-refractivity contribution >= 4 is 17.7 Å². The minimum Gasteiger partial charge on any atom is -0.468 e. The van der Waals surface area contributed by atoms with Crippen molar-refractivity contribution in [2.75, 3.05) is 7.11 Å². The number of ether oxygens (including phenoxy) is 2. The molecule has 1 rings (SSSR count).